The van der Waals surface area contributed by atoms with Gasteiger partial charge in [-0.15, -0.1) is 0 Å². The number of nitrogens with one attached hydrogen (secondary N) is 1. The molecule has 1 aliphatic rings. The van der Waals surface area contributed by atoms with E-state index in [1.165, 1.54) is 11.3 Å². The summed E-state index contributed by atoms with van der Waals surface area (Å²) in [5, 5.41) is 3.62. The van der Waals surface area contributed by atoms with Crippen LogP contribution >= 0.6 is 11.6 Å². The third kappa shape index (κ3) is 5.34. The Balaban J connectivity index is 1.67. The number of hydrogen-bond acceptors (Lipinski definition) is 3. The maximum absolute atomic E-state index is 12.3. The molecule has 1 amide bonds. The highest BCUT2D eigenvalue weighted by Crippen LogP contribution is 2.26. The summed E-state index contributed by atoms with van der Waals surface area (Å²) in [4.78, 5) is 17.0. The number of nitrogens with zero attached hydrogens (tertiary/aromatic N) is 2. The molecule has 0 radical (unpaired) electrons. The molecular formula is C22H26ClN3O. The summed E-state index contributed by atoms with van der Waals surface area (Å²) in [5.74, 6) is -0.0995. The van der Waals surface area contributed by atoms with Gasteiger partial charge in [0.2, 0.25) is 5.91 Å². The summed E-state index contributed by atoms with van der Waals surface area (Å²) in [6.07, 6.45) is 3.55. The van der Waals surface area contributed by atoms with E-state index in [0.717, 1.165) is 37.3 Å². The first kappa shape index (κ1) is 19.5. The molecule has 0 unspecified atom stereocenters. The first-order valence-corrected chi connectivity index (χ1v) is 9.64. The first-order valence-electron chi connectivity index (χ1n) is 9.26. The third-order valence-electron chi connectivity index (χ3n) is 4.93. The number of anilines is 1. The molecule has 4 nitrogen and oxygen atoms in total. The van der Waals surface area contributed by atoms with Crippen LogP contribution in [0.5, 0.6) is 0 Å². The Bertz CT molecular complexity index is 809. The van der Waals surface area contributed by atoms with Crippen LogP contribution in [-0.2, 0) is 11.3 Å². The van der Waals surface area contributed by atoms with Crippen LogP contribution in [0.15, 0.2) is 48.5 Å². The molecule has 5 heteroatoms. The molecule has 2 aromatic rings. The van der Waals surface area contributed by atoms with E-state index in [-0.39, 0.29) is 5.91 Å². The molecule has 1 heterocycles. The van der Waals surface area contributed by atoms with Crippen molar-refractivity contribution in [2.45, 2.75) is 13.5 Å². The molecule has 27 heavy (non-hydrogen) atoms. The minimum absolute atomic E-state index is 0.0995. The van der Waals surface area contributed by atoms with Gasteiger partial charge in [-0.2, -0.15) is 0 Å². The molecule has 1 fully saturated rings. The summed E-state index contributed by atoms with van der Waals surface area (Å²) in [6, 6.07) is 13.8. The molecule has 1 saturated heterocycles. The minimum atomic E-state index is -0.0995. The van der Waals surface area contributed by atoms with Crippen molar-refractivity contribution in [3.05, 3.63) is 70.3 Å². The lowest BCUT2D eigenvalue weighted by Crippen LogP contribution is -2.44. The second-order valence-corrected chi connectivity index (χ2v) is 7.41. The van der Waals surface area contributed by atoms with Crippen LogP contribution in [-0.4, -0.2) is 44.0 Å². The van der Waals surface area contributed by atoms with Gasteiger partial charge in [0, 0.05) is 55.1 Å². The van der Waals surface area contributed by atoms with E-state index in [1.54, 1.807) is 6.08 Å². The lowest BCUT2D eigenvalue weighted by Gasteiger charge is -2.35. The number of rotatable bonds is 5. The molecule has 0 aliphatic carbocycles. The number of hydrogen-bond donors (Lipinski definition) is 1. The maximum Gasteiger partial charge on any atom is 0.244 e. The Morgan fingerprint density at radius 3 is 2.52 bits per heavy atom. The topological polar surface area (TPSA) is 35.6 Å². The summed E-state index contributed by atoms with van der Waals surface area (Å²) in [5.41, 5.74) is 4.51. The van der Waals surface area contributed by atoms with Gasteiger partial charge in [-0.1, -0.05) is 35.9 Å². The fourth-order valence-corrected chi connectivity index (χ4v) is 3.34. The zero-order chi connectivity index (χ0) is 19.2. The van der Waals surface area contributed by atoms with Gasteiger partial charge >= 0.3 is 0 Å². The van der Waals surface area contributed by atoms with Gasteiger partial charge < -0.3 is 15.1 Å². The molecule has 0 saturated carbocycles. The van der Waals surface area contributed by atoms with Crippen molar-refractivity contribution >= 4 is 29.3 Å². The smallest absolute Gasteiger partial charge is 0.244 e. The van der Waals surface area contributed by atoms with Crippen molar-refractivity contribution in [1.29, 1.82) is 0 Å². The van der Waals surface area contributed by atoms with E-state index in [1.807, 2.05) is 30.3 Å². The van der Waals surface area contributed by atoms with Crippen LogP contribution in [0.1, 0.15) is 16.7 Å². The summed E-state index contributed by atoms with van der Waals surface area (Å²) >= 11 is 5.89. The molecule has 0 aromatic heterocycles. The van der Waals surface area contributed by atoms with Gasteiger partial charge in [0.25, 0.3) is 0 Å². The maximum atomic E-state index is 12.3. The van der Waals surface area contributed by atoms with Crippen molar-refractivity contribution in [2.24, 2.45) is 0 Å². The number of likely N-dealkylation sites (N-methyl/N-ethyl adjacent to an activating group) is 1. The van der Waals surface area contributed by atoms with Crippen molar-refractivity contribution in [3.63, 3.8) is 0 Å². The monoisotopic (exact) mass is 383 g/mol. The molecule has 2 aromatic carbocycles. The predicted molar refractivity (Wildman–Crippen MR) is 113 cm³/mol. The Labute approximate surface area is 166 Å². The Morgan fingerprint density at radius 1 is 1.11 bits per heavy atom. The third-order valence-corrected chi connectivity index (χ3v) is 5.18. The summed E-state index contributed by atoms with van der Waals surface area (Å²) in [7, 11) is 2.15. The SMILES string of the molecule is Cc1cccc(N2CCN(C)CC2)c1C=CC(=O)NCc1ccc(Cl)cc1. The first-order chi connectivity index (χ1) is 13.0. The highest BCUT2D eigenvalue weighted by molar-refractivity contribution is 6.30. The lowest BCUT2D eigenvalue weighted by molar-refractivity contribution is -0.116. The summed E-state index contributed by atoms with van der Waals surface area (Å²) in [6.45, 7) is 6.69. The normalized spacial score (nSPS) is 15.3. The molecule has 142 valence electrons. The van der Waals surface area contributed by atoms with Gasteiger partial charge in [0.1, 0.15) is 0 Å². The van der Waals surface area contributed by atoms with E-state index in [9.17, 15) is 4.79 Å². The highest BCUT2D eigenvalue weighted by Gasteiger charge is 2.17. The molecule has 0 atom stereocenters. The number of amides is 1. The number of piperazine rings is 1. The van der Waals surface area contributed by atoms with Crippen LogP contribution in [0, 0.1) is 6.92 Å². The van der Waals surface area contributed by atoms with Gasteiger partial charge in [0.15, 0.2) is 0 Å². The van der Waals surface area contributed by atoms with Crippen LogP contribution < -0.4 is 10.2 Å². The van der Waals surface area contributed by atoms with Crippen LogP contribution in [0.3, 0.4) is 0 Å². The fraction of sp³-hybridized carbons (Fsp3) is 0.318. The Hall–Kier alpha value is -2.30. The fourth-order valence-electron chi connectivity index (χ4n) is 3.21. The number of aryl methyl sites for hydroxylation is 1. The van der Waals surface area contributed by atoms with Gasteiger partial charge in [0.05, 0.1) is 0 Å². The van der Waals surface area contributed by atoms with Gasteiger partial charge in [-0.25, -0.2) is 0 Å². The molecule has 0 bridgehead atoms. The molecule has 3 rings (SSSR count). The van der Waals surface area contributed by atoms with Crippen molar-refractivity contribution in [1.82, 2.24) is 10.2 Å². The Morgan fingerprint density at radius 2 is 1.81 bits per heavy atom. The second-order valence-electron chi connectivity index (χ2n) is 6.98. The number of carbonyl (C=O) groups is 1. The van der Waals surface area contributed by atoms with E-state index in [4.69, 9.17) is 11.6 Å². The largest absolute Gasteiger partial charge is 0.368 e. The van der Waals surface area contributed by atoms with Crippen molar-refractivity contribution < 1.29 is 4.79 Å². The van der Waals surface area contributed by atoms with Crippen LogP contribution in [0.2, 0.25) is 5.02 Å². The van der Waals surface area contributed by atoms with E-state index in [0.29, 0.717) is 11.6 Å². The molecule has 1 N–H and O–H groups in total. The Kier molecular flexibility index (Phi) is 6.54. The standard InChI is InChI=1S/C22H26ClN3O/c1-17-4-3-5-21(26-14-12-25(2)13-15-26)20(17)10-11-22(27)24-16-18-6-8-19(23)9-7-18/h3-11H,12-16H2,1-2H3,(H,24,27). The quantitative estimate of drug-likeness (QED) is 0.799. The van der Waals surface area contributed by atoms with Crippen molar-refractivity contribution in [3.8, 4) is 0 Å². The van der Waals surface area contributed by atoms with E-state index in [2.05, 4.69) is 47.3 Å². The molecule has 1 aliphatic heterocycles. The average molecular weight is 384 g/mol. The van der Waals surface area contributed by atoms with Crippen LogP contribution in [0.25, 0.3) is 6.08 Å². The van der Waals surface area contributed by atoms with E-state index < -0.39 is 0 Å². The zero-order valence-electron chi connectivity index (χ0n) is 15.9. The molecule has 0 spiro atoms. The number of benzene rings is 2. The van der Waals surface area contributed by atoms with Gasteiger partial charge in [-0.05, 0) is 49.4 Å². The number of carbonyl (C=O) groups excluding carboxylic acids is 1. The summed E-state index contributed by atoms with van der Waals surface area (Å²) < 4.78 is 0. The number of halogens is 1. The van der Waals surface area contributed by atoms with Gasteiger partial charge in [-0.3, -0.25) is 4.79 Å². The highest BCUT2D eigenvalue weighted by atomic mass is 35.5. The zero-order valence-corrected chi connectivity index (χ0v) is 16.7. The lowest BCUT2D eigenvalue weighted by atomic mass is 10.0. The second kappa shape index (κ2) is 9.07. The molecular weight excluding hydrogens is 358 g/mol. The predicted octanol–water partition coefficient (Wildman–Crippen LogP) is 3.73. The average Bonchev–Trinajstić information content (AvgIpc) is 2.67. The van der Waals surface area contributed by atoms with Crippen molar-refractivity contribution in [2.75, 3.05) is 38.1 Å². The van der Waals surface area contributed by atoms with Crippen LogP contribution in [0.4, 0.5) is 5.69 Å². The minimum Gasteiger partial charge on any atom is -0.368 e. The van der Waals surface area contributed by atoms with E-state index >= 15 is 0 Å².